The molecule has 0 atom stereocenters. The second-order valence-electron chi connectivity index (χ2n) is 8.57. The highest BCUT2D eigenvalue weighted by Crippen LogP contribution is 2.29. The van der Waals surface area contributed by atoms with Crippen molar-refractivity contribution >= 4 is 16.9 Å². The van der Waals surface area contributed by atoms with E-state index in [0.717, 1.165) is 43.7 Å². The zero-order valence-electron chi connectivity index (χ0n) is 20.8. The molecule has 3 N–H and O–H groups in total. The summed E-state index contributed by atoms with van der Waals surface area (Å²) in [6, 6.07) is 8.61. The topological polar surface area (TPSA) is 109 Å². The van der Waals surface area contributed by atoms with Crippen molar-refractivity contribution in [1.82, 2.24) is 25.1 Å². The maximum Gasteiger partial charge on any atom is 0.260 e. The molecule has 34 heavy (non-hydrogen) atoms. The first-order chi connectivity index (χ1) is 16.5. The van der Waals surface area contributed by atoms with Gasteiger partial charge in [0, 0.05) is 33.2 Å². The number of methoxy groups -OCH3 is 1. The molecule has 1 aromatic carbocycles. The molecule has 2 aromatic heterocycles. The Bertz CT molecular complexity index is 1020. The average molecular weight is 471 g/mol. The van der Waals surface area contributed by atoms with Crippen molar-refractivity contribution in [1.29, 1.82) is 0 Å². The van der Waals surface area contributed by atoms with E-state index in [1.54, 1.807) is 7.11 Å². The van der Waals surface area contributed by atoms with Crippen LogP contribution in [-0.2, 0) is 29.0 Å². The molecule has 0 aliphatic heterocycles. The molecular weight excluding hydrogens is 432 g/mol. The fourth-order valence-electron chi connectivity index (χ4n) is 3.65. The third-order valence-corrected chi connectivity index (χ3v) is 5.39. The summed E-state index contributed by atoms with van der Waals surface area (Å²) in [5.41, 5.74) is 10.0. The minimum absolute atomic E-state index is 0.0271. The lowest BCUT2D eigenvalue weighted by Crippen LogP contribution is -2.20. The first-order valence-electron chi connectivity index (χ1n) is 12.1. The molecule has 0 spiro atoms. The van der Waals surface area contributed by atoms with E-state index in [0.29, 0.717) is 43.6 Å². The van der Waals surface area contributed by atoms with Crippen molar-refractivity contribution in [2.45, 2.75) is 59.2 Å². The van der Waals surface area contributed by atoms with Crippen molar-refractivity contribution in [3.8, 4) is 5.88 Å². The molecule has 0 saturated carbocycles. The van der Waals surface area contributed by atoms with Gasteiger partial charge in [-0.15, -0.1) is 10.2 Å². The minimum Gasteiger partial charge on any atom is -0.472 e. The van der Waals surface area contributed by atoms with Gasteiger partial charge in [-0.2, -0.15) is 0 Å². The van der Waals surface area contributed by atoms with Crippen molar-refractivity contribution in [2.24, 2.45) is 0 Å². The molecule has 0 fully saturated rings. The Labute approximate surface area is 202 Å². The van der Waals surface area contributed by atoms with Gasteiger partial charge in [-0.3, -0.25) is 0 Å². The van der Waals surface area contributed by atoms with Gasteiger partial charge in [0.15, 0.2) is 5.82 Å². The fourth-order valence-corrected chi connectivity index (χ4v) is 3.65. The van der Waals surface area contributed by atoms with Gasteiger partial charge < -0.3 is 29.8 Å². The average Bonchev–Trinajstić information content (AvgIpc) is 3.19. The van der Waals surface area contributed by atoms with Crippen LogP contribution in [0.25, 0.3) is 11.0 Å². The van der Waals surface area contributed by atoms with Crippen LogP contribution >= 0.6 is 0 Å². The first-order valence-corrected chi connectivity index (χ1v) is 12.1. The summed E-state index contributed by atoms with van der Waals surface area (Å²) in [7, 11) is 1.68. The number of aromatic nitrogens is 4. The number of aryl methyl sites for hydroxylation is 1. The van der Waals surface area contributed by atoms with Crippen molar-refractivity contribution < 1.29 is 14.2 Å². The SMILES string of the molecule is CCCCc1nc2c(N)nnc(OC(C)C)c2n1Cc1ccc(CNCCOCCOC)cc1. The Hall–Kier alpha value is -2.75. The van der Waals surface area contributed by atoms with Crippen LogP contribution in [0.15, 0.2) is 24.3 Å². The number of imidazole rings is 1. The van der Waals surface area contributed by atoms with Gasteiger partial charge in [-0.25, -0.2) is 4.98 Å². The second-order valence-corrected chi connectivity index (χ2v) is 8.57. The number of fused-ring (bicyclic) bond motifs is 1. The van der Waals surface area contributed by atoms with Gasteiger partial charge in [0.1, 0.15) is 16.9 Å². The molecule has 0 radical (unpaired) electrons. The number of anilines is 1. The lowest BCUT2D eigenvalue weighted by molar-refractivity contribution is 0.0719. The van der Waals surface area contributed by atoms with E-state index < -0.39 is 0 Å². The lowest BCUT2D eigenvalue weighted by Gasteiger charge is -2.14. The highest BCUT2D eigenvalue weighted by atomic mass is 16.5. The molecule has 0 unspecified atom stereocenters. The number of nitrogens with one attached hydrogen (secondary N) is 1. The van der Waals surface area contributed by atoms with E-state index in [2.05, 4.69) is 51.3 Å². The maximum absolute atomic E-state index is 6.14. The summed E-state index contributed by atoms with van der Waals surface area (Å²) >= 11 is 0. The Morgan fingerprint density at radius 2 is 1.82 bits per heavy atom. The van der Waals surface area contributed by atoms with E-state index >= 15 is 0 Å². The number of nitrogens with two attached hydrogens (primary N) is 1. The molecule has 0 aliphatic carbocycles. The Morgan fingerprint density at radius 3 is 2.53 bits per heavy atom. The molecule has 0 bridgehead atoms. The summed E-state index contributed by atoms with van der Waals surface area (Å²) < 4.78 is 18.6. The number of rotatable bonds is 15. The third-order valence-electron chi connectivity index (χ3n) is 5.39. The van der Waals surface area contributed by atoms with Crippen LogP contribution in [0.2, 0.25) is 0 Å². The number of nitrogens with zero attached hydrogens (tertiary/aromatic N) is 4. The predicted octanol–water partition coefficient (Wildman–Crippen LogP) is 3.34. The molecule has 186 valence electrons. The number of unbranched alkanes of at least 4 members (excludes halogenated alkanes) is 1. The summed E-state index contributed by atoms with van der Waals surface area (Å²) in [4.78, 5) is 4.83. The van der Waals surface area contributed by atoms with E-state index in [1.165, 1.54) is 11.1 Å². The van der Waals surface area contributed by atoms with E-state index in [-0.39, 0.29) is 6.10 Å². The summed E-state index contributed by atoms with van der Waals surface area (Å²) in [6.07, 6.45) is 2.97. The largest absolute Gasteiger partial charge is 0.472 e. The van der Waals surface area contributed by atoms with Crippen LogP contribution in [0.3, 0.4) is 0 Å². The lowest BCUT2D eigenvalue weighted by atomic mass is 10.1. The zero-order chi connectivity index (χ0) is 24.3. The van der Waals surface area contributed by atoms with E-state index in [1.807, 2.05) is 13.8 Å². The molecule has 2 heterocycles. The van der Waals surface area contributed by atoms with Crippen molar-refractivity contribution in [2.75, 3.05) is 39.2 Å². The molecule has 3 rings (SSSR count). The van der Waals surface area contributed by atoms with Crippen LogP contribution in [0.4, 0.5) is 5.82 Å². The van der Waals surface area contributed by atoms with Gasteiger partial charge in [-0.1, -0.05) is 37.6 Å². The monoisotopic (exact) mass is 470 g/mol. The quantitative estimate of drug-likeness (QED) is 0.326. The van der Waals surface area contributed by atoms with E-state index in [4.69, 9.17) is 24.9 Å². The molecule has 3 aromatic rings. The molecule has 0 aliphatic rings. The fraction of sp³-hybridized carbons (Fsp3) is 0.560. The van der Waals surface area contributed by atoms with Crippen LogP contribution < -0.4 is 15.8 Å². The number of hydrogen-bond donors (Lipinski definition) is 2. The summed E-state index contributed by atoms with van der Waals surface area (Å²) in [6.45, 7) is 10.3. The number of nitrogen functional groups attached to an aromatic ring is 1. The van der Waals surface area contributed by atoms with Crippen molar-refractivity contribution in [3.63, 3.8) is 0 Å². The molecule has 9 nitrogen and oxygen atoms in total. The van der Waals surface area contributed by atoms with Crippen LogP contribution in [0.1, 0.15) is 50.6 Å². The van der Waals surface area contributed by atoms with Gasteiger partial charge >= 0.3 is 0 Å². The summed E-state index contributed by atoms with van der Waals surface area (Å²) in [5, 5.41) is 11.7. The van der Waals surface area contributed by atoms with Crippen LogP contribution in [0.5, 0.6) is 5.88 Å². The third kappa shape index (κ3) is 7.12. The first kappa shape index (κ1) is 25.9. The number of hydrogen-bond acceptors (Lipinski definition) is 8. The molecule has 9 heteroatoms. The van der Waals surface area contributed by atoms with Gasteiger partial charge in [-0.05, 0) is 31.4 Å². The van der Waals surface area contributed by atoms with Crippen LogP contribution in [-0.4, -0.2) is 59.3 Å². The minimum atomic E-state index is -0.0271. The highest BCUT2D eigenvalue weighted by molar-refractivity contribution is 5.88. The number of benzene rings is 1. The predicted molar refractivity (Wildman–Crippen MR) is 134 cm³/mol. The maximum atomic E-state index is 6.14. The van der Waals surface area contributed by atoms with Gasteiger partial charge in [0.25, 0.3) is 5.88 Å². The van der Waals surface area contributed by atoms with Crippen molar-refractivity contribution in [3.05, 3.63) is 41.2 Å². The number of ether oxygens (including phenoxy) is 3. The van der Waals surface area contributed by atoms with Gasteiger partial charge in [0.2, 0.25) is 0 Å². The molecular formula is C25H38N6O3. The Morgan fingerprint density at radius 1 is 1.06 bits per heavy atom. The molecule has 0 amide bonds. The zero-order valence-corrected chi connectivity index (χ0v) is 20.8. The normalized spacial score (nSPS) is 11.6. The summed E-state index contributed by atoms with van der Waals surface area (Å²) in [5.74, 6) is 1.78. The second kappa shape index (κ2) is 13.2. The van der Waals surface area contributed by atoms with Crippen LogP contribution in [0, 0.1) is 0 Å². The molecule has 0 saturated heterocycles. The standard InChI is InChI=1S/C25H38N6O3/c1-5-6-7-21-28-22-23(25(34-18(2)3)30-29-24(22)26)31(21)17-20-10-8-19(9-11-20)16-27-12-13-33-15-14-32-4/h8-11,18,27H,5-7,12-17H2,1-4H3,(H2,26,29). The van der Waals surface area contributed by atoms with Gasteiger partial charge in [0.05, 0.1) is 25.9 Å². The smallest absolute Gasteiger partial charge is 0.260 e. The Balaban J connectivity index is 1.74. The Kier molecular flexibility index (Phi) is 10.1. The highest BCUT2D eigenvalue weighted by Gasteiger charge is 2.20. The van der Waals surface area contributed by atoms with E-state index in [9.17, 15) is 0 Å².